The lowest BCUT2D eigenvalue weighted by atomic mass is 10.5. The second-order valence-corrected chi connectivity index (χ2v) is 2.13. The lowest BCUT2D eigenvalue weighted by Gasteiger charge is -1.93. The summed E-state index contributed by atoms with van der Waals surface area (Å²) in [6, 6.07) is 1.77. The van der Waals surface area contributed by atoms with Crippen LogP contribution in [0.3, 0.4) is 0 Å². The lowest BCUT2D eigenvalue weighted by Crippen LogP contribution is -2.06. The average molecular weight is 163 g/mol. The van der Waals surface area contributed by atoms with Gasteiger partial charge in [-0.2, -0.15) is 4.99 Å². The van der Waals surface area contributed by atoms with Gasteiger partial charge in [-0.3, -0.25) is 0 Å². The molecule has 0 radical (unpaired) electrons. The Balaban J connectivity index is 2.97. The highest BCUT2D eigenvalue weighted by Gasteiger charge is 1.93. The zero-order chi connectivity index (χ0) is 8.97. The van der Waals surface area contributed by atoms with Crippen molar-refractivity contribution in [2.45, 2.75) is 6.92 Å². The van der Waals surface area contributed by atoms with Crippen molar-refractivity contribution in [3.8, 4) is 0 Å². The van der Waals surface area contributed by atoms with Crippen molar-refractivity contribution in [2.75, 3.05) is 0 Å². The molecule has 0 aliphatic heterocycles. The minimum absolute atomic E-state index is 0.0700. The number of hydrogen-bond donors (Lipinski definition) is 1. The van der Waals surface area contributed by atoms with E-state index in [2.05, 4.69) is 26.7 Å². The number of hydrogen-bond acceptors (Lipinski definition) is 3. The highest BCUT2D eigenvalue weighted by atomic mass is 15.1. The van der Waals surface area contributed by atoms with Crippen molar-refractivity contribution in [1.82, 2.24) is 9.97 Å². The van der Waals surface area contributed by atoms with Crippen molar-refractivity contribution in [2.24, 2.45) is 15.7 Å². The van der Waals surface area contributed by atoms with E-state index in [4.69, 9.17) is 5.73 Å². The minimum atomic E-state index is 0.0700. The van der Waals surface area contributed by atoms with E-state index >= 15 is 0 Å². The van der Waals surface area contributed by atoms with E-state index in [0.29, 0.717) is 5.95 Å². The maximum atomic E-state index is 5.30. The number of nitrogens with zero attached hydrogens (tertiary/aromatic N) is 4. The maximum Gasteiger partial charge on any atom is 0.252 e. The second-order valence-electron chi connectivity index (χ2n) is 2.13. The van der Waals surface area contributed by atoms with Crippen LogP contribution in [0.4, 0.5) is 5.95 Å². The molecule has 0 unspecified atom stereocenters. The number of rotatable bonds is 1. The molecule has 0 atom stereocenters. The Labute approximate surface area is 70.1 Å². The Kier molecular flexibility index (Phi) is 2.47. The fourth-order valence-electron chi connectivity index (χ4n) is 0.627. The molecule has 0 fully saturated rings. The third-order valence-corrected chi connectivity index (χ3v) is 1.16. The summed E-state index contributed by atoms with van der Waals surface area (Å²) in [4.78, 5) is 15.0. The van der Waals surface area contributed by atoms with Gasteiger partial charge in [0, 0.05) is 11.9 Å². The van der Waals surface area contributed by atoms with Gasteiger partial charge in [0.1, 0.15) is 0 Å². The molecule has 0 aliphatic carbocycles. The van der Waals surface area contributed by atoms with Crippen LogP contribution in [0.1, 0.15) is 5.69 Å². The molecule has 2 N–H and O–H groups in total. The molecule has 12 heavy (non-hydrogen) atoms. The van der Waals surface area contributed by atoms with Crippen molar-refractivity contribution in [3.05, 3.63) is 18.0 Å². The first-order valence-electron chi connectivity index (χ1n) is 3.33. The zero-order valence-electron chi connectivity index (χ0n) is 6.73. The van der Waals surface area contributed by atoms with Gasteiger partial charge in [0.15, 0.2) is 0 Å². The summed E-state index contributed by atoms with van der Waals surface area (Å²) in [6.45, 7) is 5.06. The fourth-order valence-corrected chi connectivity index (χ4v) is 0.627. The predicted octanol–water partition coefficient (Wildman–Crippen LogP) is 0.432. The minimum Gasteiger partial charge on any atom is -0.368 e. The molecule has 0 aromatic carbocycles. The molecule has 1 heterocycles. The molecule has 1 rings (SSSR count). The topological polar surface area (TPSA) is 76.5 Å². The molecule has 0 saturated heterocycles. The molecular weight excluding hydrogens is 154 g/mol. The fraction of sp³-hybridized carbons (Fsp3) is 0.143. The van der Waals surface area contributed by atoms with Gasteiger partial charge in [-0.05, 0) is 19.7 Å². The summed E-state index contributed by atoms with van der Waals surface area (Å²) in [5, 5.41) is 0. The summed E-state index contributed by atoms with van der Waals surface area (Å²) < 4.78 is 0. The van der Waals surface area contributed by atoms with E-state index in [1.54, 1.807) is 12.3 Å². The van der Waals surface area contributed by atoms with Crippen molar-refractivity contribution in [3.63, 3.8) is 0 Å². The smallest absolute Gasteiger partial charge is 0.252 e. The Morgan fingerprint density at radius 2 is 2.42 bits per heavy atom. The van der Waals surface area contributed by atoms with Crippen LogP contribution in [0, 0.1) is 6.92 Å². The van der Waals surface area contributed by atoms with E-state index in [0.717, 1.165) is 5.69 Å². The van der Waals surface area contributed by atoms with Gasteiger partial charge in [-0.15, -0.1) is 0 Å². The number of aryl methyl sites for hydroxylation is 1. The Morgan fingerprint density at radius 1 is 1.67 bits per heavy atom. The van der Waals surface area contributed by atoms with Gasteiger partial charge in [0.05, 0.1) is 0 Å². The van der Waals surface area contributed by atoms with E-state index in [-0.39, 0.29) is 5.96 Å². The predicted molar refractivity (Wildman–Crippen MR) is 47.6 cm³/mol. The van der Waals surface area contributed by atoms with Crippen LogP contribution in [0.2, 0.25) is 0 Å². The van der Waals surface area contributed by atoms with E-state index in [1.165, 1.54) is 0 Å². The van der Waals surface area contributed by atoms with Crippen LogP contribution in [0.25, 0.3) is 0 Å². The van der Waals surface area contributed by atoms with Crippen LogP contribution in [0.5, 0.6) is 0 Å². The van der Waals surface area contributed by atoms with Crippen LogP contribution in [-0.2, 0) is 0 Å². The van der Waals surface area contributed by atoms with E-state index in [1.807, 2.05) is 6.92 Å². The highest BCUT2D eigenvalue weighted by molar-refractivity contribution is 5.83. The van der Waals surface area contributed by atoms with E-state index < -0.39 is 0 Å². The third kappa shape index (κ3) is 2.12. The summed E-state index contributed by atoms with van der Waals surface area (Å²) >= 11 is 0. The first kappa shape index (κ1) is 8.32. The molecule has 62 valence electrons. The van der Waals surface area contributed by atoms with Crippen LogP contribution in [0.15, 0.2) is 22.2 Å². The SMILES string of the molecule is C=N/C(N)=N\c1nccc(C)n1. The van der Waals surface area contributed by atoms with Gasteiger partial charge in [0.2, 0.25) is 5.96 Å². The quantitative estimate of drug-likeness (QED) is 0.481. The first-order chi connectivity index (χ1) is 5.72. The van der Waals surface area contributed by atoms with Crippen molar-refractivity contribution < 1.29 is 0 Å². The molecule has 5 heteroatoms. The normalized spacial score (nSPS) is 11.2. The van der Waals surface area contributed by atoms with E-state index in [9.17, 15) is 0 Å². The first-order valence-corrected chi connectivity index (χ1v) is 3.33. The Bertz CT molecular complexity index is 317. The standard InChI is InChI=1S/C7H9N5/c1-5-3-4-10-7(11-5)12-6(8)9-2/h3-4H,2H2,1H3,(H2,8,10,11,12). The molecule has 1 aromatic heterocycles. The molecular formula is C7H9N5. The summed E-state index contributed by atoms with van der Waals surface area (Å²) in [7, 11) is 0. The van der Waals surface area contributed by atoms with Crippen molar-refractivity contribution in [1.29, 1.82) is 0 Å². The zero-order valence-corrected chi connectivity index (χ0v) is 6.73. The summed E-state index contributed by atoms with van der Waals surface area (Å²) in [6.07, 6.45) is 1.61. The number of aliphatic imine (C=N–C) groups is 2. The number of nitrogens with two attached hydrogens (primary N) is 1. The van der Waals surface area contributed by atoms with Gasteiger partial charge >= 0.3 is 0 Å². The molecule has 0 spiro atoms. The maximum absolute atomic E-state index is 5.30. The summed E-state index contributed by atoms with van der Waals surface area (Å²) in [5.41, 5.74) is 6.13. The molecule has 0 aliphatic rings. The lowest BCUT2D eigenvalue weighted by molar-refractivity contribution is 1.08. The average Bonchev–Trinajstić information content (AvgIpc) is 2.04. The largest absolute Gasteiger partial charge is 0.368 e. The van der Waals surface area contributed by atoms with Crippen LogP contribution in [-0.4, -0.2) is 22.6 Å². The molecule has 0 amide bonds. The highest BCUT2D eigenvalue weighted by Crippen LogP contribution is 2.02. The third-order valence-electron chi connectivity index (χ3n) is 1.16. The van der Waals surface area contributed by atoms with Crippen LogP contribution >= 0.6 is 0 Å². The van der Waals surface area contributed by atoms with Gasteiger partial charge in [0.25, 0.3) is 5.95 Å². The Hall–Kier alpha value is -1.78. The number of guanidine groups is 1. The molecule has 0 bridgehead atoms. The summed E-state index contributed by atoms with van der Waals surface area (Å²) in [5.74, 6) is 0.375. The Morgan fingerprint density at radius 3 is 3.00 bits per heavy atom. The van der Waals surface area contributed by atoms with Gasteiger partial charge < -0.3 is 5.73 Å². The van der Waals surface area contributed by atoms with Crippen molar-refractivity contribution >= 4 is 18.6 Å². The molecule has 1 aromatic rings. The monoisotopic (exact) mass is 163 g/mol. The van der Waals surface area contributed by atoms with Crippen LogP contribution < -0.4 is 5.73 Å². The second kappa shape index (κ2) is 3.56. The van der Waals surface area contributed by atoms with Gasteiger partial charge in [-0.25, -0.2) is 15.0 Å². The number of aromatic nitrogens is 2. The molecule has 5 nitrogen and oxygen atoms in total. The molecule has 0 saturated carbocycles. The van der Waals surface area contributed by atoms with Gasteiger partial charge in [-0.1, -0.05) is 0 Å².